The minimum Gasteiger partial charge on any atom is -0.363 e. The van der Waals surface area contributed by atoms with Crippen LogP contribution < -0.4 is 10.2 Å². The number of aryl methyl sites for hydroxylation is 2. The van der Waals surface area contributed by atoms with Gasteiger partial charge in [-0.05, 0) is 71.0 Å². The van der Waals surface area contributed by atoms with Crippen LogP contribution in [0.3, 0.4) is 0 Å². The Morgan fingerprint density at radius 3 is 2.51 bits per heavy atom. The van der Waals surface area contributed by atoms with E-state index in [1.807, 2.05) is 26.8 Å². The minimum atomic E-state index is -4.39. The summed E-state index contributed by atoms with van der Waals surface area (Å²) in [5.41, 5.74) is 1.81. The van der Waals surface area contributed by atoms with Gasteiger partial charge in [-0.25, -0.2) is 15.0 Å². The number of pyridine rings is 1. The Morgan fingerprint density at radius 2 is 1.89 bits per heavy atom. The molecule has 4 rings (SSSR count). The lowest BCUT2D eigenvalue weighted by Crippen LogP contribution is -2.31. The first-order valence-electron chi connectivity index (χ1n) is 12.0. The van der Waals surface area contributed by atoms with E-state index < -0.39 is 11.7 Å². The van der Waals surface area contributed by atoms with Crippen molar-refractivity contribution in [2.75, 3.05) is 37.4 Å². The van der Waals surface area contributed by atoms with E-state index in [0.29, 0.717) is 29.7 Å². The number of hydrogen-bond donors (Lipinski definition) is 1. The van der Waals surface area contributed by atoms with E-state index in [1.165, 1.54) is 13.0 Å². The van der Waals surface area contributed by atoms with Crippen LogP contribution in [0.25, 0.3) is 10.9 Å². The fourth-order valence-corrected chi connectivity index (χ4v) is 4.93. The predicted molar refractivity (Wildman–Crippen MR) is 134 cm³/mol. The molecule has 0 amide bonds. The maximum Gasteiger partial charge on any atom is 0.416 e. The first-order valence-corrected chi connectivity index (χ1v) is 12.0. The number of anilines is 2. The SMILES string of the molecule is CC[C@@H](Nc1nc(C)nc2c(C)nc(N3CC[C@@H](N(C)C)C3)cc12)c1cccc(C(F)(F)F)c1C. The molecule has 3 aromatic rings. The van der Waals surface area contributed by atoms with Gasteiger partial charge in [0.25, 0.3) is 0 Å². The van der Waals surface area contributed by atoms with E-state index in [2.05, 4.69) is 39.2 Å². The fourth-order valence-electron chi connectivity index (χ4n) is 4.93. The molecule has 2 atom stereocenters. The number of aromatic nitrogens is 3. The lowest BCUT2D eigenvalue weighted by atomic mass is 9.95. The van der Waals surface area contributed by atoms with Crippen molar-refractivity contribution >= 4 is 22.5 Å². The van der Waals surface area contributed by atoms with Crippen molar-refractivity contribution < 1.29 is 13.2 Å². The summed E-state index contributed by atoms with van der Waals surface area (Å²) in [4.78, 5) is 18.6. The summed E-state index contributed by atoms with van der Waals surface area (Å²) < 4.78 is 40.6. The number of halogens is 3. The summed E-state index contributed by atoms with van der Waals surface area (Å²) in [6.45, 7) is 9.05. The second kappa shape index (κ2) is 9.60. The Hall–Kier alpha value is -2.94. The van der Waals surface area contributed by atoms with Crippen molar-refractivity contribution in [1.29, 1.82) is 0 Å². The molecule has 3 heterocycles. The molecule has 0 bridgehead atoms. The summed E-state index contributed by atoms with van der Waals surface area (Å²) >= 11 is 0. The van der Waals surface area contributed by atoms with Crippen LogP contribution in [0, 0.1) is 20.8 Å². The maximum absolute atomic E-state index is 13.5. The number of fused-ring (bicyclic) bond motifs is 1. The average Bonchev–Trinajstić information content (AvgIpc) is 3.28. The number of nitrogens with zero attached hydrogens (tertiary/aromatic N) is 5. The molecule has 0 saturated carbocycles. The van der Waals surface area contributed by atoms with Gasteiger partial charge in [0.15, 0.2) is 0 Å². The van der Waals surface area contributed by atoms with E-state index in [0.717, 1.165) is 48.0 Å². The van der Waals surface area contributed by atoms with E-state index in [-0.39, 0.29) is 11.6 Å². The Kier molecular flexibility index (Phi) is 6.90. The third kappa shape index (κ3) is 5.05. The Bertz CT molecular complexity index is 1220. The van der Waals surface area contributed by atoms with Gasteiger partial charge in [0.1, 0.15) is 17.5 Å². The van der Waals surface area contributed by atoms with Gasteiger partial charge >= 0.3 is 6.18 Å². The number of benzene rings is 1. The van der Waals surface area contributed by atoms with E-state index in [9.17, 15) is 13.2 Å². The molecule has 2 aromatic heterocycles. The minimum absolute atomic E-state index is 0.236. The number of alkyl halides is 3. The van der Waals surface area contributed by atoms with Gasteiger partial charge in [-0.15, -0.1) is 0 Å². The summed E-state index contributed by atoms with van der Waals surface area (Å²) in [5, 5.41) is 4.28. The molecule has 0 unspecified atom stereocenters. The summed E-state index contributed by atoms with van der Waals surface area (Å²) in [6.07, 6.45) is -2.73. The van der Waals surface area contributed by atoms with Crippen LogP contribution in [0.4, 0.5) is 24.8 Å². The molecule has 0 spiro atoms. The predicted octanol–water partition coefficient (Wildman–Crippen LogP) is 5.67. The molecule has 35 heavy (non-hydrogen) atoms. The van der Waals surface area contributed by atoms with Crippen LogP contribution in [0.15, 0.2) is 24.3 Å². The molecule has 188 valence electrons. The smallest absolute Gasteiger partial charge is 0.363 e. The third-order valence-electron chi connectivity index (χ3n) is 6.95. The molecule has 1 fully saturated rings. The topological polar surface area (TPSA) is 57.2 Å². The highest BCUT2D eigenvalue weighted by atomic mass is 19.4. The number of hydrogen-bond acceptors (Lipinski definition) is 6. The van der Waals surface area contributed by atoms with E-state index >= 15 is 0 Å². The molecule has 0 radical (unpaired) electrons. The Morgan fingerprint density at radius 1 is 1.14 bits per heavy atom. The van der Waals surface area contributed by atoms with Crippen LogP contribution in [-0.2, 0) is 6.18 Å². The van der Waals surface area contributed by atoms with Crippen molar-refractivity contribution in [2.45, 2.75) is 58.8 Å². The molecular weight excluding hydrogens is 453 g/mol. The number of nitrogens with one attached hydrogen (secondary N) is 1. The van der Waals surface area contributed by atoms with E-state index in [4.69, 9.17) is 4.98 Å². The van der Waals surface area contributed by atoms with Crippen molar-refractivity contribution in [3.63, 3.8) is 0 Å². The van der Waals surface area contributed by atoms with Crippen molar-refractivity contribution in [2.24, 2.45) is 0 Å². The van der Waals surface area contributed by atoms with Crippen molar-refractivity contribution in [1.82, 2.24) is 19.9 Å². The molecular formula is C26H33F3N6. The lowest BCUT2D eigenvalue weighted by molar-refractivity contribution is -0.138. The molecule has 1 aliphatic rings. The largest absolute Gasteiger partial charge is 0.416 e. The highest BCUT2D eigenvalue weighted by Gasteiger charge is 2.33. The van der Waals surface area contributed by atoms with Gasteiger partial charge in [0, 0.05) is 24.5 Å². The quantitative estimate of drug-likeness (QED) is 0.484. The van der Waals surface area contributed by atoms with Crippen LogP contribution in [0.1, 0.15) is 54.0 Å². The van der Waals surface area contributed by atoms with Gasteiger partial charge < -0.3 is 15.1 Å². The third-order valence-corrected chi connectivity index (χ3v) is 6.95. The Labute approximate surface area is 204 Å². The standard InChI is InChI=1S/C26H33F3N6/c1-7-22(19-9-8-10-21(15(19)2)26(27,28)29)33-25-20-13-23(35-12-11-18(14-35)34(5)6)30-16(3)24(20)31-17(4)32-25/h8-10,13,18,22H,7,11-12,14H2,1-6H3,(H,31,32,33)/t18-,22-/m1/s1. The van der Waals surface area contributed by atoms with Crippen LogP contribution >= 0.6 is 0 Å². The van der Waals surface area contributed by atoms with Crippen molar-refractivity contribution in [3.8, 4) is 0 Å². The van der Waals surface area contributed by atoms with Crippen molar-refractivity contribution in [3.05, 3.63) is 52.5 Å². The first kappa shape index (κ1) is 25.2. The maximum atomic E-state index is 13.5. The van der Waals surface area contributed by atoms with Gasteiger partial charge in [-0.3, -0.25) is 0 Å². The molecule has 9 heteroatoms. The lowest BCUT2D eigenvalue weighted by Gasteiger charge is -2.24. The molecule has 1 aliphatic heterocycles. The normalized spacial score (nSPS) is 17.4. The van der Waals surface area contributed by atoms with Gasteiger partial charge in [0.2, 0.25) is 0 Å². The zero-order chi connectivity index (χ0) is 25.5. The molecule has 1 saturated heterocycles. The van der Waals surface area contributed by atoms with Gasteiger partial charge in [0.05, 0.1) is 22.8 Å². The second-order valence-electron chi connectivity index (χ2n) is 9.56. The molecule has 6 nitrogen and oxygen atoms in total. The first-order chi connectivity index (χ1) is 16.5. The zero-order valence-electron chi connectivity index (χ0n) is 21.2. The van der Waals surface area contributed by atoms with E-state index in [1.54, 1.807) is 6.07 Å². The summed E-state index contributed by atoms with van der Waals surface area (Å²) in [5.74, 6) is 2.08. The highest BCUT2D eigenvalue weighted by molar-refractivity contribution is 5.92. The monoisotopic (exact) mass is 486 g/mol. The average molecular weight is 487 g/mol. The van der Waals surface area contributed by atoms with Crippen LogP contribution in [0.2, 0.25) is 0 Å². The van der Waals surface area contributed by atoms with Gasteiger partial charge in [-0.2, -0.15) is 13.2 Å². The second-order valence-corrected chi connectivity index (χ2v) is 9.56. The number of rotatable bonds is 6. The molecule has 1 N–H and O–H groups in total. The number of likely N-dealkylation sites (N-methyl/N-ethyl adjacent to an activating group) is 1. The summed E-state index contributed by atoms with van der Waals surface area (Å²) in [7, 11) is 4.18. The highest BCUT2D eigenvalue weighted by Crippen LogP contribution is 2.37. The fraction of sp³-hybridized carbons (Fsp3) is 0.500. The van der Waals surface area contributed by atoms with Crippen LogP contribution in [0.5, 0.6) is 0 Å². The van der Waals surface area contributed by atoms with Gasteiger partial charge in [-0.1, -0.05) is 19.1 Å². The summed E-state index contributed by atoms with van der Waals surface area (Å²) in [6, 6.07) is 6.50. The molecule has 1 aromatic carbocycles. The zero-order valence-corrected chi connectivity index (χ0v) is 21.2. The molecule has 0 aliphatic carbocycles. The Balaban J connectivity index is 1.75. The van der Waals surface area contributed by atoms with Crippen LogP contribution in [-0.4, -0.2) is 53.1 Å².